The van der Waals surface area contributed by atoms with Crippen molar-refractivity contribution in [3.63, 3.8) is 0 Å². The minimum Gasteiger partial charge on any atom is -0.444 e. The van der Waals surface area contributed by atoms with Gasteiger partial charge in [0, 0.05) is 5.33 Å². The molecule has 0 saturated carbocycles. The highest BCUT2D eigenvalue weighted by molar-refractivity contribution is 9.09. The van der Waals surface area contributed by atoms with Gasteiger partial charge in [0.05, 0.1) is 0 Å². The lowest BCUT2D eigenvalue weighted by Gasteiger charge is -2.17. The maximum absolute atomic E-state index is 11.8. The zero-order valence-electron chi connectivity index (χ0n) is 9.54. The summed E-state index contributed by atoms with van der Waals surface area (Å²) in [6, 6.07) is 8.74. The van der Waals surface area contributed by atoms with Crippen LogP contribution < -0.4 is 0 Å². The summed E-state index contributed by atoms with van der Waals surface area (Å²) >= 11 is 3.17. The zero-order chi connectivity index (χ0) is 13.0. The van der Waals surface area contributed by atoms with Gasteiger partial charge in [-0.15, -0.1) is 0 Å². The molecule has 1 aliphatic heterocycles. The van der Waals surface area contributed by atoms with Crippen molar-refractivity contribution in [3.8, 4) is 0 Å². The van der Waals surface area contributed by atoms with Crippen LogP contribution in [0, 0.1) is 0 Å². The molecular formula is C12H12BrNO4. The molecule has 1 atom stereocenters. The van der Waals surface area contributed by atoms with Crippen molar-refractivity contribution in [2.75, 3.05) is 12.1 Å². The van der Waals surface area contributed by atoms with E-state index in [4.69, 9.17) is 9.47 Å². The normalized spacial score (nSPS) is 18.6. The topological polar surface area (TPSA) is 55.8 Å². The largest absolute Gasteiger partial charge is 0.444 e. The van der Waals surface area contributed by atoms with E-state index < -0.39 is 18.1 Å². The molecule has 0 aliphatic carbocycles. The Morgan fingerprint density at radius 2 is 2.17 bits per heavy atom. The number of hydrogen-bond donors (Lipinski definition) is 0. The van der Waals surface area contributed by atoms with Gasteiger partial charge in [0.2, 0.25) is 0 Å². The Morgan fingerprint density at radius 3 is 2.83 bits per heavy atom. The molecule has 5 nitrogen and oxygen atoms in total. The minimum atomic E-state index is -0.603. The lowest BCUT2D eigenvalue weighted by molar-refractivity contribution is -0.138. The van der Waals surface area contributed by atoms with E-state index in [1.807, 2.05) is 30.3 Å². The molecule has 1 heterocycles. The molecule has 0 unspecified atom stereocenters. The average Bonchev–Trinajstić information content (AvgIpc) is 2.78. The fraction of sp³-hybridized carbons (Fsp3) is 0.333. The second kappa shape index (κ2) is 5.86. The third kappa shape index (κ3) is 2.81. The van der Waals surface area contributed by atoms with Crippen LogP contribution in [0.15, 0.2) is 30.3 Å². The van der Waals surface area contributed by atoms with Crippen molar-refractivity contribution in [2.24, 2.45) is 0 Å². The molecule has 96 valence electrons. The lowest BCUT2D eigenvalue weighted by Crippen LogP contribution is -2.39. The zero-order valence-corrected chi connectivity index (χ0v) is 11.1. The average molecular weight is 314 g/mol. The Bertz CT molecular complexity index is 437. The number of alkyl halides is 1. The predicted octanol–water partition coefficient (Wildman–Crippen LogP) is 1.90. The van der Waals surface area contributed by atoms with Gasteiger partial charge in [-0.05, 0) is 5.56 Å². The maximum Gasteiger partial charge on any atom is 0.413 e. The first kappa shape index (κ1) is 12.9. The summed E-state index contributed by atoms with van der Waals surface area (Å²) in [7, 11) is 0. The number of carbonyl (C=O) groups excluding carboxylic acids is 2. The quantitative estimate of drug-likeness (QED) is 0.632. The van der Waals surface area contributed by atoms with Crippen LogP contribution in [0.25, 0.3) is 0 Å². The Hall–Kier alpha value is -1.56. The summed E-state index contributed by atoms with van der Waals surface area (Å²) in [5.74, 6) is -0.413. The molecule has 1 fully saturated rings. The van der Waals surface area contributed by atoms with Crippen LogP contribution >= 0.6 is 15.9 Å². The van der Waals surface area contributed by atoms with E-state index >= 15 is 0 Å². The number of ether oxygens (including phenoxy) is 2. The van der Waals surface area contributed by atoms with Gasteiger partial charge in [-0.3, -0.25) is 4.90 Å². The SMILES string of the molecule is O=C1OCN(C(=O)OCc2ccccc2)[C@@H]1CBr. The van der Waals surface area contributed by atoms with E-state index in [2.05, 4.69) is 15.9 Å². The van der Waals surface area contributed by atoms with E-state index in [0.29, 0.717) is 5.33 Å². The number of carbonyl (C=O) groups is 2. The van der Waals surface area contributed by atoms with Crippen molar-refractivity contribution in [1.82, 2.24) is 4.90 Å². The number of rotatable bonds is 3. The molecule has 0 spiro atoms. The highest BCUT2D eigenvalue weighted by Crippen LogP contribution is 2.15. The molecule has 1 amide bonds. The fourth-order valence-electron chi connectivity index (χ4n) is 1.58. The van der Waals surface area contributed by atoms with Crippen molar-refractivity contribution >= 4 is 28.0 Å². The molecule has 0 bridgehead atoms. The van der Waals surface area contributed by atoms with E-state index in [0.717, 1.165) is 5.56 Å². The van der Waals surface area contributed by atoms with E-state index in [1.165, 1.54) is 4.90 Å². The number of amides is 1. The molecule has 18 heavy (non-hydrogen) atoms. The third-order valence-electron chi connectivity index (χ3n) is 2.58. The summed E-state index contributed by atoms with van der Waals surface area (Å²) in [4.78, 5) is 24.3. The van der Waals surface area contributed by atoms with E-state index in [1.54, 1.807) is 0 Å². The monoisotopic (exact) mass is 313 g/mol. The van der Waals surface area contributed by atoms with Crippen LogP contribution in [0.1, 0.15) is 5.56 Å². The summed E-state index contributed by atoms with van der Waals surface area (Å²) in [6.45, 7) is 0.127. The van der Waals surface area contributed by atoms with Gasteiger partial charge in [-0.25, -0.2) is 9.59 Å². The standard InChI is InChI=1S/C12H12BrNO4/c13-6-10-11(15)18-8-14(10)12(16)17-7-9-4-2-1-3-5-9/h1-5,10H,6-8H2/t10-/m1/s1. The van der Waals surface area contributed by atoms with E-state index in [9.17, 15) is 9.59 Å². The smallest absolute Gasteiger partial charge is 0.413 e. The molecule has 0 N–H and O–H groups in total. The van der Waals surface area contributed by atoms with Crippen molar-refractivity contribution in [1.29, 1.82) is 0 Å². The summed E-state index contributed by atoms with van der Waals surface area (Å²) in [6.07, 6.45) is -0.547. The van der Waals surface area contributed by atoms with Crippen molar-refractivity contribution in [3.05, 3.63) is 35.9 Å². The minimum absolute atomic E-state index is 0.0529. The van der Waals surface area contributed by atoms with Crippen LogP contribution in [0.3, 0.4) is 0 Å². The first-order valence-corrected chi connectivity index (χ1v) is 6.54. The number of benzene rings is 1. The predicted molar refractivity (Wildman–Crippen MR) is 67.0 cm³/mol. The summed E-state index contributed by atoms with van der Waals surface area (Å²) in [5, 5.41) is 0.340. The van der Waals surface area contributed by atoms with Crippen molar-refractivity contribution in [2.45, 2.75) is 12.6 Å². The Balaban J connectivity index is 1.90. The van der Waals surface area contributed by atoms with E-state index in [-0.39, 0.29) is 13.3 Å². The van der Waals surface area contributed by atoms with Crippen LogP contribution in [0.4, 0.5) is 4.79 Å². The van der Waals surface area contributed by atoms with Gasteiger partial charge < -0.3 is 9.47 Å². The second-order valence-corrected chi connectivity index (χ2v) is 4.42. The molecule has 0 aromatic heterocycles. The second-order valence-electron chi connectivity index (χ2n) is 3.77. The molecule has 1 aromatic carbocycles. The molecule has 6 heteroatoms. The van der Waals surface area contributed by atoms with Gasteiger partial charge >= 0.3 is 12.1 Å². The van der Waals surface area contributed by atoms with Gasteiger partial charge in [0.15, 0.2) is 6.73 Å². The molecule has 1 aromatic rings. The molecule has 2 rings (SSSR count). The first-order chi connectivity index (χ1) is 8.72. The molecule has 1 aliphatic rings. The number of halogens is 1. The van der Waals surface area contributed by atoms with Gasteiger partial charge in [-0.2, -0.15) is 0 Å². The van der Waals surface area contributed by atoms with Crippen LogP contribution in [-0.4, -0.2) is 35.1 Å². The maximum atomic E-state index is 11.8. The number of hydrogen-bond acceptors (Lipinski definition) is 4. The Morgan fingerprint density at radius 1 is 1.44 bits per heavy atom. The number of cyclic esters (lactones) is 1. The third-order valence-corrected chi connectivity index (χ3v) is 3.19. The number of esters is 1. The van der Waals surface area contributed by atoms with Gasteiger partial charge in [0.25, 0.3) is 0 Å². The summed E-state index contributed by atoms with van der Waals surface area (Å²) in [5.41, 5.74) is 0.896. The highest BCUT2D eigenvalue weighted by Gasteiger charge is 2.37. The van der Waals surface area contributed by atoms with Crippen molar-refractivity contribution < 1.29 is 19.1 Å². The molecule has 0 radical (unpaired) electrons. The van der Waals surface area contributed by atoms with Crippen LogP contribution in [0.5, 0.6) is 0 Å². The first-order valence-electron chi connectivity index (χ1n) is 5.42. The fourth-order valence-corrected chi connectivity index (χ4v) is 2.19. The number of nitrogens with zero attached hydrogens (tertiary/aromatic N) is 1. The molecular weight excluding hydrogens is 302 g/mol. The van der Waals surface area contributed by atoms with Crippen LogP contribution in [-0.2, 0) is 20.9 Å². The Labute approximate surface area is 113 Å². The lowest BCUT2D eigenvalue weighted by atomic mass is 10.2. The Kier molecular flexibility index (Phi) is 4.19. The summed E-state index contributed by atoms with van der Waals surface area (Å²) < 4.78 is 9.92. The molecule has 1 saturated heterocycles. The highest BCUT2D eigenvalue weighted by atomic mass is 79.9. The van der Waals surface area contributed by atoms with Gasteiger partial charge in [-0.1, -0.05) is 46.3 Å². The van der Waals surface area contributed by atoms with Gasteiger partial charge in [0.1, 0.15) is 12.6 Å². The van der Waals surface area contributed by atoms with Crippen LogP contribution in [0.2, 0.25) is 0 Å².